The van der Waals surface area contributed by atoms with E-state index in [2.05, 4.69) is 17.2 Å². The van der Waals surface area contributed by atoms with Gasteiger partial charge in [-0.05, 0) is 55.9 Å². The molecular formula is C21H22FN3O2. The van der Waals surface area contributed by atoms with Gasteiger partial charge in [-0.15, -0.1) is 0 Å². The van der Waals surface area contributed by atoms with Crippen LogP contribution in [0.2, 0.25) is 0 Å². The lowest BCUT2D eigenvalue weighted by atomic mass is 9.91. The van der Waals surface area contributed by atoms with Crippen LogP contribution in [0.3, 0.4) is 0 Å². The maximum atomic E-state index is 13.9. The SMILES string of the molecule is C[C@@H](Cc1ccccc1F)N[C@@H]1CCCc2c1[nH]c1ccc([N+](=O)[O-])cc21. The Labute approximate surface area is 156 Å². The van der Waals surface area contributed by atoms with E-state index in [1.807, 2.05) is 12.1 Å². The molecule has 0 fully saturated rings. The van der Waals surface area contributed by atoms with Gasteiger partial charge in [-0.1, -0.05) is 18.2 Å². The second-order valence-electron chi connectivity index (χ2n) is 7.31. The molecule has 6 heteroatoms. The number of aromatic amines is 1. The number of halogens is 1. The second kappa shape index (κ2) is 7.12. The molecule has 2 N–H and O–H groups in total. The van der Waals surface area contributed by atoms with E-state index in [1.54, 1.807) is 18.2 Å². The zero-order valence-electron chi connectivity index (χ0n) is 15.2. The molecule has 5 nitrogen and oxygen atoms in total. The molecule has 1 aliphatic carbocycles. The second-order valence-corrected chi connectivity index (χ2v) is 7.31. The molecular weight excluding hydrogens is 345 g/mol. The zero-order chi connectivity index (χ0) is 19.0. The van der Waals surface area contributed by atoms with Gasteiger partial charge in [-0.2, -0.15) is 0 Å². The summed E-state index contributed by atoms with van der Waals surface area (Å²) in [4.78, 5) is 14.2. The fraction of sp³-hybridized carbons (Fsp3) is 0.333. The van der Waals surface area contributed by atoms with Crippen molar-refractivity contribution in [2.45, 2.75) is 44.7 Å². The third-order valence-electron chi connectivity index (χ3n) is 5.37. The van der Waals surface area contributed by atoms with Gasteiger partial charge in [0, 0.05) is 40.8 Å². The largest absolute Gasteiger partial charge is 0.357 e. The quantitative estimate of drug-likeness (QED) is 0.502. The van der Waals surface area contributed by atoms with Crippen LogP contribution in [0, 0.1) is 15.9 Å². The standard InChI is InChI=1S/C21H22FN3O2/c1-13(11-14-5-2-3-7-18(14)22)23-20-8-4-6-16-17-12-15(25(26)27)9-10-19(17)24-21(16)20/h2-3,5,7,9-10,12-13,20,23-24H,4,6,8,11H2,1H3/t13-,20+/m0/s1. The third kappa shape index (κ3) is 3.45. The normalized spacial score (nSPS) is 17.6. The molecule has 1 heterocycles. The summed E-state index contributed by atoms with van der Waals surface area (Å²) in [5, 5.41) is 15.7. The average molecular weight is 367 g/mol. The Morgan fingerprint density at radius 3 is 2.93 bits per heavy atom. The van der Waals surface area contributed by atoms with Crippen LogP contribution < -0.4 is 5.32 Å². The number of nitrogens with one attached hydrogen (secondary N) is 2. The van der Waals surface area contributed by atoms with Crippen LogP contribution in [0.1, 0.15) is 42.6 Å². The summed E-state index contributed by atoms with van der Waals surface area (Å²) in [6.45, 7) is 2.06. The summed E-state index contributed by atoms with van der Waals surface area (Å²) < 4.78 is 13.9. The van der Waals surface area contributed by atoms with Gasteiger partial charge in [0.2, 0.25) is 0 Å². The Balaban J connectivity index is 1.58. The van der Waals surface area contributed by atoms with Crippen LogP contribution in [0.4, 0.5) is 10.1 Å². The molecule has 0 unspecified atom stereocenters. The number of benzene rings is 2. The molecule has 1 aliphatic rings. The van der Waals surface area contributed by atoms with E-state index >= 15 is 0 Å². The Kier molecular flexibility index (Phi) is 4.66. The van der Waals surface area contributed by atoms with Crippen LogP contribution in [-0.4, -0.2) is 15.9 Å². The third-order valence-corrected chi connectivity index (χ3v) is 5.37. The Morgan fingerprint density at radius 1 is 1.33 bits per heavy atom. The van der Waals surface area contributed by atoms with Crippen LogP contribution in [0.25, 0.3) is 10.9 Å². The molecule has 3 aromatic rings. The smallest absolute Gasteiger partial charge is 0.270 e. The first-order valence-electron chi connectivity index (χ1n) is 9.31. The van der Waals surface area contributed by atoms with Gasteiger partial charge in [-0.3, -0.25) is 10.1 Å². The predicted octanol–water partition coefficient (Wildman–Crippen LogP) is 4.81. The molecule has 0 saturated heterocycles. The lowest BCUT2D eigenvalue weighted by Gasteiger charge is -2.27. The van der Waals surface area contributed by atoms with Crippen LogP contribution in [0.15, 0.2) is 42.5 Å². The van der Waals surface area contributed by atoms with E-state index in [0.29, 0.717) is 12.0 Å². The van der Waals surface area contributed by atoms with Crippen LogP contribution >= 0.6 is 0 Å². The van der Waals surface area contributed by atoms with Gasteiger partial charge >= 0.3 is 0 Å². The van der Waals surface area contributed by atoms with E-state index in [4.69, 9.17) is 0 Å². The summed E-state index contributed by atoms with van der Waals surface area (Å²) in [6, 6.07) is 12.1. The number of aryl methyl sites for hydroxylation is 1. The van der Waals surface area contributed by atoms with E-state index in [1.165, 1.54) is 12.1 Å². The highest BCUT2D eigenvalue weighted by Crippen LogP contribution is 2.36. The first-order valence-corrected chi connectivity index (χ1v) is 9.31. The van der Waals surface area contributed by atoms with Crippen molar-refractivity contribution < 1.29 is 9.31 Å². The van der Waals surface area contributed by atoms with Gasteiger partial charge < -0.3 is 10.3 Å². The number of nitrogens with zero attached hydrogens (tertiary/aromatic N) is 1. The topological polar surface area (TPSA) is 71.0 Å². The van der Waals surface area contributed by atoms with Gasteiger partial charge in [0.1, 0.15) is 5.82 Å². The van der Waals surface area contributed by atoms with Crippen LogP contribution in [0.5, 0.6) is 0 Å². The summed E-state index contributed by atoms with van der Waals surface area (Å²) in [7, 11) is 0. The van der Waals surface area contributed by atoms with Crippen molar-refractivity contribution in [1.82, 2.24) is 10.3 Å². The van der Waals surface area contributed by atoms with E-state index in [0.717, 1.165) is 41.4 Å². The Hall–Kier alpha value is -2.73. The number of nitro benzene ring substituents is 1. The monoisotopic (exact) mass is 367 g/mol. The highest BCUT2D eigenvalue weighted by atomic mass is 19.1. The molecule has 2 aromatic carbocycles. The minimum atomic E-state index is -0.353. The summed E-state index contributed by atoms with van der Waals surface area (Å²) >= 11 is 0. The summed E-state index contributed by atoms with van der Waals surface area (Å²) in [6.07, 6.45) is 3.54. The molecule has 4 rings (SSSR count). The van der Waals surface area contributed by atoms with Crippen molar-refractivity contribution in [3.63, 3.8) is 0 Å². The zero-order valence-corrected chi connectivity index (χ0v) is 15.2. The van der Waals surface area contributed by atoms with Gasteiger partial charge in [-0.25, -0.2) is 4.39 Å². The van der Waals surface area contributed by atoms with Gasteiger partial charge in [0.15, 0.2) is 0 Å². The van der Waals surface area contributed by atoms with E-state index in [9.17, 15) is 14.5 Å². The maximum Gasteiger partial charge on any atom is 0.270 e. The van der Waals surface area contributed by atoms with E-state index < -0.39 is 0 Å². The molecule has 1 aromatic heterocycles. The highest BCUT2D eigenvalue weighted by molar-refractivity contribution is 5.87. The van der Waals surface area contributed by atoms with Crippen molar-refractivity contribution in [3.05, 3.63) is 75.2 Å². The number of hydrogen-bond donors (Lipinski definition) is 2. The lowest BCUT2D eigenvalue weighted by Crippen LogP contribution is -2.34. The summed E-state index contributed by atoms with van der Waals surface area (Å²) in [5.41, 5.74) is 4.03. The molecule has 0 bridgehead atoms. The molecule has 0 spiro atoms. The highest BCUT2D eigenvalue weighted by Gasteiger charge is 2.26. The van der Waals surface area contributed by atoms with Crippen molar-refractivity contribution in [3.8, 4) is 0 Å². The van der Waals surface area contributed by atoms with Crippen molar-refractivity contribution in [1.29, 1.82) is 0 Å². The number of H-pyrrole nitrogens is 1. The molecule has 0 amide bonds. The number of non-ortho nitro benzene ring substituents is 1. The predicted molar refractivity (Wildman–Crippen MR) is 103 cm³/mol. The number of hydrogen-bond acceptors (Lipinski definition) is 3. The number of fused-ring (bicyclic) bond motifs is 3. The lowest BCUT2D eigenvalue weighted by molar-refractivity contribution is -0.384. The minimum absolute atomic E-state index is 0.110. The van der Waals surface area contributed by atoms with Crippen molar-refractivity contribution in [2.75, 3.05) is 0 Å². The Morgan fingerprint density at radius 2 is 2.15 bits per heavy atom. The number of aromatic nitrogens is 1. The van der Waals surface area contributed by atoms with E-state index in [-0.39, 0.29) is 28.5 Å². The fourth-order valence-electron chi connectivity index (χ4n) is 4.13. The molecule has 27 heavy (non-hydrogen) atoms. The first-order chi connectivity index (χ1) is 13.0. The van der Waals surface area contributed by atoms with Gasteiger partial charge in [0.25, 0.3) is 5.69 Å². The number of rotatable bonds is 5. The maximum absolute atomic E-state index is 13.9. The van der Waals surface area contributed by atoms with Gasteiger partial charge in [0.05, 0.1) is 4.92 Å². The molecule has 0 saturated carbocycles. The Bertz CT molecular complexity index is 998. The average Bonchev–Trinajstić information content (AvgIpc) is 3.02. The first kappa shape index (κ1) is 17.7. The molecule has 2 atom stereocenters. The molecule has 0 radical (unpaired) electrons. The summed E-state index contributed by atoms with van der Waals surface area (Å²) in [5.74, 6) is -0.173. The van der Waals surface area contributed by atoms with Crippen LogP contribution in [-0.2, 0) is 12.8 Å². The van der Waals surface area contributed by atoms with Crippen molar-refractivity contribution in [2.24, 2.45) is 0 Å². The molecule has 140 valence electrons. The molecule has 0 aliphatic heterocycles. The fourth-order valence-corrected chi connectivity index (χ4v) is 4.13. The minimum Gasteiger partial charge on any atom is -0.357 e. The number of nitro groups is 1. The van der Waals surface area contributed by atoms with Crippen molar-refractivity contribution >= 4 is 16.6 Å².